The van der Waals surface area contributed by atoms with Gasteiger partial charge in [0.1, 0.15) is 11.8 Å². The molecular formula is C17H22N2O5. The number of carbonyl (C=O) groups is 3. The largest absolute Gasteiger partial charge is 0.494 e. The fourth-order valence-electron chi connectivity index (χ4n) is 1.87. The number of rotatable bonds is 9. The zero-order valence-corrected chi connectivity index (χ0v) is 13.7. The number of hydrogen-bond donors (Lipinski definition) is 3. The fraction of sp³-hybridized carbons (Fsp3) is 0.353. The molecule has 0 heterocycles. The van der Waals surface area contributed by atoms with Gasteiger partial charge in [-0.25, -0.2) is 4.79 Å². The number of carboxylic acids is 1. The predicted molar refractivity (Wildman–Crippen MR) is 88.9 cm³/mol. The minimum atomic E-state index is -1.13. The lowest BCUT2D eigenvalue weighted by Gasteiger charge is -2.13. The molecule has 3 N–H and O–H groups in total. The Morgan fingerprint density at radius 1 is 1.25 bits per heavy atom. The van der Waals surface area contributed by atoms with E-state index in [1.165, 1.54) is 0 Å². The van der Waals surface area contributed by atoms with Gasteiger partial charge < -0.3 is 20.5 Å². The zero-order chi connectivity index (χ0) is 17.9. The van der Waals surface area contributed by atoms with Crippen molar-refractivity contribution in [2.24, 2.45) is 0 Å². The van der Waals surface area contributed by atoms with Crippen LogP contribution in [0.4, 0.5) is 0 Å². The van der Waals surface area contributed by atoms with Gasteiger partial charge in [0.05, 0.1) is 13.2 Å². The highest BCUT2D eigenvalue weighted by Gasteiger charge is 2.18. The number of hydrogen-bond acceptors (Lipinski definition) is 4. The minimum Gasteiger partial charge on any atom is -0.494 e. The first-order valence-electron chi connectivity index (χ1n) is 7.62. The third kappa shape index (κ3) is 6.51. The summed E-state index contributed by atoms with van der Waals surface area (Å²) >= 11 is 0. The predicted octanol–water partition coefficient (Wildman–Crippen LogP) is 1.35. The number of aliphatic carboxylic acids is 1. The second-order valence-corrected chi connectivity index (χ2v) is 4.90. The van der Waals surface area contributed by atoms with Crippen LogP contribution in [-0.2, 0) is 9.59 Å². The maximum Gasteiger partial charge on any atom is 0.326 e. The van der Waals surface area contributed by atoms with Crippen LogP contribution < -0.4 is 15.4 Å². The number of allylic oxidation sites excluding steroid dienone is 1. The molecule has 130 valence electrons. The Morgan fingerprint density at radius 2 is 1.92 bits per heavy atom. The molecule has 7 heteroatoms. The van der Waals surface area contributed by atoms with Crippen LogP contribution in [0.2, 0.25) is 0 Å². The van der Waals surface area contributed by atoms with Crippen molar-refractivity contribution in [1.29, 1.82) is 0 Å². The Hall–Kier alpha value is -2.83. The molecule has 0 aliphatic rings. The summed E-state index contributed by atoms with van der Waals surface area (Å²) in [4.78, 5) is 34.8. The molecule has 0 aliphatic carbocycles. The Morgan fingerprint density at radius 3 is 2.46 bits per heavy atom. The summed E-state index contributed by atoms with van der Waals surface area (Å²) < 4.78 is 5.28. The first-order valence-corrected chi connectivity index (χ1v) is 7.62. The number of carboxylic acid groups (broad SMARTS) is 1. The van der Waals surface area contributed by atoms with E-state index in [2.05, 4.69) is 10.6 Å². The van der Waals surface area contributed by atoms with Crippen molar-refractivity contribution in [2.45, 2.75) is 26.3 Å². The molecule has 24 heavy (non-hydrogen) atoms. The summed E-state index contributed by atoms with van der Waals surface area (Å²) in [6.45, 7) is 3.85. The van der Waals surface area contributed by atoms with E-state index < -0.39 is 23.8 Å². The highest BCUT2D eigenvalue weighted by molar-refractivity contribution is 5.96. The summed E-state index contributed by atoms with van der Waals surface area (Å²) in [5.74, 6) is -1.46. The van der Waals surface area contributed by atoms with E-state index in [1.54, 1.807) is 43.3 Å². The molecule has 0 bridgehead atoms. The first-order chi connectivity index (χ1) is 11.5. The summed E-state index contributed by atoms with van der Waals surface area (Å²) in [7, 11) is 0. The second kappa shape index (κ2) is 10.0. The van der Waals surface area contributed by atoms with Gasteiger partial charge in [-0.2, -0.15) is 0 Å². The summed E-state index contributed by atoms with van der Waals surface area (Å²) in [6.07, 6.45) is 3.54. The number of nitrogens with one attached hydrogen (secondary N) is 2. The quantitative estimate of drug-likeness (QED) is 0.591. The van der Waals surface area contributed by atoms with Crippen LogP contribution in [0, 0.1) is 0 Å². The average molecular weight is 334 g/mol. The van der Waals surface area contributed by atoms with E-state index in [4.69, 9.17) is 9.84 Å². The Balaban J connectivity index is 2.50. The Bertz CT molecular complexity index is 596. The van der Waals surface area contributed by atoms with E-state index in [0.29, 0.717) is 17.9 Å². The van der Waals surface area contributed by atoms with Gasteiger partial charge in [-0.3, -0.25) is 9.59 Å². The maximum atomic E-state index is 12.0. The van der Waals surface area contributed by atoms with Crippen LogP contribution in [0.5, 0.6) is 5.75 Å². The third-order valence-electron chi connectivity index (χ3n) is 3.08. The van der Waals surface area contributed by atoms with Crippen molar-refractivity contribution >= 4 is 17.8 Å². The Kier molecular flexibility index (Phi) is 8.04. The van der Waals surface area contributed by atoms with Crippen molar-refractivity contribution in [3.05, 3.63) is 42.0 Å². The van der Waals surface area contributed by atoms with Crippen LogP contribution in [0.15, 0.2) is 36.4 Å². The van der Waals surface area contributed by atoms with Crippen LogP contribution in [0.25, 0.3) is 0 Å². The summed E-state index contributed by atoms with van der Waals surface area (Å²) in [5.41, 5.74) is 0.384. The highest BCUT2D eigenvalue weighted by Crippen LogP contribution is 2.11. The van der Waals surface area contributed by atoms with Gasteiger partial charge in [0.25, 0.3) is 5.91 Å². The topological polar surface area (TPSA) is 105 Å². The highest BCUT2D eigenvalue weighted by atomic mass is 16.5. The fourth-order valence-corrected chi connectivity index (χ4v) is 1.87. The molecule has 1 rings (SSSR count). The molecule has 0 saturated carbocycles. The molecule has 1 unspecified atom stereocenters. The van der Waals surface area contributed by atoms with Crippen molar-refractivity contribution in [1.82, 2.24) is 10.6 Å². The second-order valence-electron chi connectivity index (χ2n) is 4.90. The van der Waals surface area contributed by atoms with Crippen LogP contribution >= 0.6 is 0 Å². The van der Waals surface area contributed by atoms with Gasteiger partial charge in [0, 0.05) is 5.56 Å². The average Bonchev–Trinajstić information content (AvgIpc) is 2.57. The normalized spacial score (nSPS) is 11.8. The summed E-state index contributed by atoms with van der Waals surface area (Å²) in [5, 5.41) is 13.8. The standard InChI is InChI=1S/C17H22N2O5/c1-3-5-6-14(17(22)23)19-15(20)11-18-16(21)12-7-9-13(10-8-12)24-4-2/h3,5,7-10,14H,4,6,11H2,1-2H3,(H,18,21)(H,19,20)(H,22,23)/b5-3+. The molecule has 0 aliphatic heterocycles. The minimum absolute atomic E-state index is 0.185. The lowest BCUT2D eigenvalue weighted by Crippen LogP contribution is -2.45. The van der Waals surface area contributed by atoms with Crippen LogP contribution in [-0.4, -0.2) is 42.1 Å². The molecule has 0 fully saturated rings. The van der Waals surface area contributed by atoms with Gasteiger partial charge in [-0.15, -0.1) is 0 Å². The van der Waals surface area contributed by atoms with Gasteiger partial charge in [0.2, 0.25) is 5.91 Å². The molecule has 7 nitrogen and oxygen atoms in total. The van der Waals surface area contributed by atoms with E-state index in [-0.39, 0.29) is 13.0 Å². The lowest BCUT2D eigenvalue weighted by molar-refractivity contribution is -0.141. The maximum absolute atomic E-state index is 12.0. The van der Waals surface area contributed by atoms with Crippen LogP contribution in [0.1, 0.15) is 30.6 Å². The zero-order valence-electron chi connectivity index (χ0n) is 13.7. The number of carbonyl (C=O) groups excluding carboxylic acids is 2. The number of amides is 2. The molecule has 0 saturated heterocycles. The monoisotopic (exact) mass is 334 g/mol. The van der Waals surface area contributed by atoms with Crippen molar-refractivity contribution < 1.29 is 24.2 Å². The lowest BCUT2D eigenvalue weighted by atomic mass is 10.2. The molecule has 2 amide bonds. The van der Waals surface area contributed by atoms with Gasteiger partial charge in [-0.05, 0) is 44.5 Å². The van der Waals surface area contributed by atoms with E-state index >= 15 is 0 Å². The van der Waals surface area contributed by atoms with E-state index in [1.807, 2.05) is 6.92 Å². The number of ether oxygens (including phenoxy) is 1. The first kappa shape index (κ1) is 19.2. The van der Waals surface area contributed by atoms with E-state index in [0.717, 1.165) is 0 Å². The molecule has 0 radical (unpaired) electrons. The molecule has 1 aromatic carbocycles. The molecule has 0 aromatic heterocycles. The van der Waals surface area contributed by atoms with Crippen molar-refractivity contribution in [3.8, 4) is 5.75 Å². The molecule has 0 spiro atoms. The molecule has 1 atom stereocenters. The van der Waals surface area contributed by atoms with Gasteiger partial charge >= 0.3 is 5.97 Å². The summed E-state index contributed by atoms with van der Waals surface area (Å²) in [6, 6.07) is 5.48. The van der Waals surface area contributed by atoms with Gasteiger partial charge in [-0.1, -0.05) is 12.2 Å². The Labute approximate surface area is 140 Å². The van der Waals surface area contributed by atoms with Crippen molar-refractivity contribution in [3.63, 3.8) is 0 Å². The molecule has 1 aromatic rings. The SMILES string of the molecule is C/C=C/CC(NC(=O)CNC(=O)c1ccc(OCC)cc1)C(=O)O. The third-order valence-corrected chi connectivity index (χ3v) is 3.08. The van der Waals surface area contributed by atoms with Gasteiger partial charge in [0.15, 0.2) is 0 Å². The van der Waals surface area contributed by atoms with E-state index in [9.17, 15) is 14.4 Å². The van der Waals surface area contributed by atoms with Crippen LogP contribution in [0.3, 0.4) is 0 Å². The smallest absolute Gasteiger partial charge is 0.326 e. The number of benzene rings is 1. The molecular weight excluding hydrogens is 312 g/mol. The van der Waals surface area contributed by atoms with Crippen molar-refractivity contribution in [2.75, 3.05) is 13.2 Å².